The van der Waals surface area contributed by atoms with Gasteiger partial charge in [-0.25, -0.2) is 4.79 Å². The molecule has 2 saturated heterocycles. The number of ether oxygens (including phenoxy) is 1. The summed E-state index contributed by atoms with van der Waals surface area (Å²) in [5, 5.41) is 10.9. The number of hydrogen-bond acceptors (Lipinski definition) is 5. The molecule has 0 saturated carbocycles. The minimum atomic E-state index is -0.458. The van der Waals surface area contributed by atoms with Crippen LogP contribution < -0.4 is 10.6 Å². The van der Waals surface area contributed by atoms with Crippen LogP contribution in [0.3, 0.4) is 0 Å². The molecule has 3 aliphatic heterocycles. The summed E-state index contributed by atoms with van der Waals surface area (Å²) in [5.41, 5.74) is 0. The van der Waals surface area contributed by atoms with Gasteiger partial charge in [0.05, 0.1) is 12.6 Å². The molecule has 0 bridgehead atoms. The number of imide groups is 1. The van der Waals surface area contributed by atoms with Gasteiger partial charge in [-0.05, 0) is 6.42 Å². The maximum absolute atomic E-state index is 11.5. The Kier molecular flexibility index (Phi) is 2.06. The monoisotopic (exact) mass is 224 g/mol. The number of urea groups is 1. The van der Waals surface area contributed by atoms with Crippen LogP contribution in [0.25, 0.3) is 0 Å². The SMILES string of the molecule is O=C1NC(=O)C2C=NN(C3CCOC3)C2N1. The molecule has 0 aromatic rings. The smallest absolute Gasteiger partial charge is 0.323 e. The highest BCUT2D eigenvalue weighted by atomic mass is 16.5. The number of hydrazone groups is 1. The molecular formula is C9H12N4O3. The van der Waals surface area contributed by atoms with Crippen molar-refractivity contribution in [1.29, 1.82) is 0 Å². The fraction of sp³-hybridized carbons (Fsp3) is 0.667. The lowest BCUT2D eigenvalue weighted by atomic mass is 10.0. The molecule has 3 amide bonds. The van der Waals surface area contributed by atoms with Crippen LogP contribution in [-0.2, 0) is 9.53 Å². The molecule has 3 heterocycles. The molecule has 3 rings (SSSR count). The average Bonchev–Trinajstić information content (AvgIpc) is 2.83. The molecule has 86 valence electrons. The van der Waals surface area contributed by atoms with Crippen molar-refractivity contribution in [3.8, 4) is 0 Å². The number of rotatable bonds is 1. The lowest BCUT2D eigenvalue weighted by Gasteiger charge is -2.33. The second-order valence-electron chi connectivity index (χ2n) is 4.10. The van der Waals surface area contributed by atoms with Gasteiger partial charge >= 0.3 is 6.03 Å². The van der Waals surface area contributed by atoms with E-state index in [0.29, 0.717) is 13.2 Å². The van der Waals surface area contributed by atoms with Crippen LogP contribution in [0, 0.1) is 5.92 Å². The maximum atomic E-state index is 11.5. The maximum Gasteiger partial charge on any atom is 0.323 e. The van der Waals surface area contributed by atoms with E-state index in [1.54, 1.807) is 11.2 Å². The number of carbonyl (C=O) groups is 2. The van der Waals surface area contributed by atoms with Crippen molar-refractivity contribution in [2.75, 3.05) is 13.2 Å². The van der Waals surface area contributed by atoms with Gasteiger partial charge in [-0.15, -0.1) is 0 Å². The van der Waals surface area contributed by atoms with Crippen LogP contribution in [0.2, 0.25) is 0 Å². The minimum Gasteiger partial charge on any atom is -0.379 e. The van der Waals surface area contributed by atoms with E-state index in [0.717, 1.165) is 6.42 Å². The first-order valence-electron chi connectivity index (χ1n) is 5.27. The third-order valence-electron chi connectivity index (χ3n) is 3.08. The van der Waals surface area contributed by atoms with Crippen LogP contribution in [-0.4, -0.2) is 48.6 Å². The van der Waals surface area contributed by atoms with E-state index in [2.05, 4.69) is 15.7 Å². The van der Waals surface area contributed by atoms with Crippen molar-refractivity contribution in [2.45, 2.75) is 18.6 Å². The Hall–Kier alpha value is -1.63. The molecule has 0 aromatic carbocycles. The van der Waals surface area contributed by atoms with Gasteiger partial charge in [0.1, 0.15) is 12.1 Å². The molecule has 7 nitrogen and oxygen atoms in total. The Morgan fingerprint density at radius 3 is 3.12 bits per heavy atom. The number of nitrogens with zero attached hydrogens (tertiary/aromatic N) is 2. The fourth-order valence-electron chi connectivity index (χ4n) is 2.25. The highest BCUT2D eigenvalue weighted by molar-refractivity contribution is 6.06. The summed E-state index contributed by atoms with van der Waals surface area (Å²) in [6, 6.07) is -0.307. The predicted molar refractivity (Wildman–Crippen MR) is 53.5 cm³/mol. The molecule has 3 unspecified atom stereocenters. The molecule has 2 N–H and O–H groups in total. The lowest BCUT2D eigenvalue weighted by Crippen LogP contribution is -2.62. The number of nitrogens with one attached hydrogen (secondary N) is 2. The summed E-state index contributed by atoms with van der Waals surface area (Å²) in [6.07, 6.45) is 2.10. The van der Waals surface area contributed by atoms with Crippen molar-refractivity contribution in [2.24, 2.45) is 11.0 Å². The first-order valence-corrected chi connectivity index (χ1v) is 5.27. The Morgan fingerprint density at radius 2 is 2.38 bits per heavy atom. The molecule has 16 heavy (non-hydrogen) atoms. The van der Waals surface area contributed by atoms with Crippen molar-refractivity contribution >= 4 is 18.2 Å². The molecule has 0 spiro atoms. The summed E-state index contributed by atoms with van der Waals surface area (Å²) >= 11 is 0. The summed E-state index contributed by atoms with van der Waals surface area (Å²) in [7, 11) is 0. The van der Waals surface area contributed by atoms with Gasteiger partial charge in [0, 0.05) is 12.8 Å². The molecule has 0 aliphatic carbocycles. The van der Waals surface area contributed by atoms with Crippen molar-refractivity contribution in [3.63, 3.8) is 0 Å². The van der Waals surface area contributed by atoms with Gasteiger partial charge in [-0.3, -0.25) is 15.1 Å². The van der Waals surface area contributed by atoms with E-state index in [1.807, 2.05) is 0 Å². The van der Waals surface area contributed by atoms with Gasteiger partial charge in [-0.1, -0.05) is 0 Å². The quantitative estimate of drug-likeness (QED) is 0.589. The molecule has 0 aromatic heterocycles. The molecule has 2 fully saturated rings. The molecule has 0 radical (unpaired) electrons. The van der Waals surface area contributed by atoms with Gasteiger partial charge in [0.15, 0.2) is 0 Å². The third kappa shape index (κ3) is 1.35. The highest BCUT2D eigenvalue weighted by Crippen LogP contribution is 2.24. The molecule has 7 heteroatoms. The Labute approximate surface area is 91.8 Å². The number of carbonyl (C=O) groups excluding carboxylic acids is 2. The van der Waals surface area contributed by atoms with Crippen LogP contribution in [0.4, 0.5) is 4.79 Å². The van der Waals surface area contributed by atoms with Crippen LogP contribution in [0.15, 0.2) is 5.10 Å². The summed E-state index contributed by atoms with van der Waals surface area (Å²) < 4.78 is 5.27. The number of hydrogen-bond donors (Lipinski definition) is 2. The summed E-state index contributed by atoms with van der Waals surface area (Å²) in [5.74, 6) is -0.683. The predicted octanol–water partition coefficient (Wildman–Crippen LogP) is -1.14. The van der Waals surface area contributed by atoms with Gasteiger partial charge < -0.3 is 10.1 Å². The third-order valence-corrected chi connectivity index (χ3v) is 3.08. The Morgan fingerprint density at radius 1 is 1.50 bits per heavy atom. The number of fused-ring (bicyclic) bond motifs is 1. The lowest BCUT2D eigenvalue weighted by molar-refractivity contribution is -0.124. The average molecular weight is 224 g/mol. The van der Waals surface area contributed by atoms with E-state index >= 15 is 0 Å². The zero-order chi connectivity index (χ0) is 11.1. The standard InChI is InChI=1S/C9H12N4O3/c14-8-6-3-10-13(5-1-2-16-4-5)7(6)11-9(15)12-8/h3,5-7H,1-2,4H2,(H2,11,12,14,15). The minimum absolute atomic E-state index is 0.150. The van der Waals surface area contributed by atoms with E-state index in [1.165, 1.54) is 0 Å². The van der Waals surface area contributed by atoms with Crippen molar-refractivity contribution in [3.05, 3.63) is 0 Å². The first kappa shape index (κ1) is 9.59. The highest BCUT2D eigenvalue weighted by Gasteiger charge is 2.44. The second kappa shape index (κ2) is 3.44. The Balaban J connectivity index is 1.80. The van der Waals surface area contributed by atoms with Crippen LogP contribution >= 0.6 is 0 Å². The normalized spacial score (nSPS) is 37.2. The molecular weight excluding hydrogens is 212 g/mol. The zero-order valence-electron chi connectivity index (χ0n) is 8.55. The second-order valence-corrected chi connectivity index (χ2v) is 4.10. The van der Waals surface area contributed by atoms with E-state index in [9.17, 15) is 9.59 Å². The fourth-order valence-corrected chi connectivity index (χ4v) is 2.25. The van der Waals surface area contributed by atoms with Crippen LogP contribution in [0.1, 0.15) is 6.42 Å². The largest absolute Gasteiger partial charge is 0.379 e. The Bertz CT molecular complexity index is 364. The first-order chi connectivity index (χ1) is 7.75. The topological polar surface area (TPSA) is 83.0 Å². The van der Waals surface area contributed by atoms with Gasteiger partial charge in [0.2, 0.25) is 5.91 Å². The van der Waals surface area contributed by atoms with E-state index < -0.39 is 11.9 Å². The summed E-state index contributed by atoms with van der Waals surface area (Å²) in [6.45, 7) is 1.30. The molecule has 3 atom stereocenters. The number of amides is 3. The van der Waals surface area contributed by atoms with Crippen LogP contribution in [0.5, 0.6) is 0 Å². The van der Waals surface area contributed by atoms with Crippen molar-refractivity contribution in [1.82, 2.24) is 15.6 Å². The van der Waals surface area contributed by atoms with Crippen molar-refractivity contribution < 1.29 is 14.3 Å². The van der Waals surface area contributed by atoms with Gasteiger partial charge in [0.25, 0.3) is 0 Å². The van der Waals surface area contributed by atoms with E-state index in [-0.39, 0.29) is 18.1 Å². The molecule has 3 aliphatic rings. The van der Waals surface area contributed by atoms with E-state index in [4.69, 9.17) is 4.74 Å². The summed E-state index contributed by atoms with van der Waals surface area (Å²) in [4.78, 5) is 22.7. The zero-order valence-corrected chi connectivity index (χ0v) is 8.55. The van der Waals surface area contributed by atoms with Gasteiger partial charge in [-0.2, -0.15) is 5.10 Å².